The summed E-state index contributed by atoms with van der Waals surface area (Å²) in [6, 6.07) is 6.12. The van der Waals surface area contributed by atoms with Gasteiger partial charge in [-0.25, -0.2) is 4.39 Å². The van der Waals surface area contributed by atoms with Gasteiger partial charge in [-0.2, -0.15) is 5.10 Å². The van der Waals surface area contributed by atoms with E-state index in [1.165, 1.54) is 6.07 Å². The first kappa shape index (κ1) is 12.1. The molecule has 2 aromatic rings. The molecule has 3 nitrogen and oxygen atoms in total. The van der Waals surface area contributed by atoms with Gasteiger partial charge >= 0.3 is 0 Å². The fraction of sp³-hybridized carbons (Fsp3) is 0.250. The maximum absolute atomic E-state index is 13.5. The highest BCUT2D eigenvalue weighted by Crippen LogP contribution is 2.21. The molecule has 0 amide bonds. The Bertz CT molecular complexity index is 527. The van der Waals surface area contributed by atoms with Crippen LogP contribution in [0.3, 0.4) is 0 Å². The summed E-state index contributed by atoms with van der Waals surface area (Å²) in [5.41, 5.74) is 0.953. The van der Waals surface area contributed by atoms with Crippen LogP contribution < -0.4 is 0 Å². The lowest BCUT2D eigenvalue weighted by atomic mass is 10.1. The molecule has 0 aliphatic heterocycles. The van der Waals surface area contributed by atoms with Crippen molar-refractivity contribution in [2.45, 2.75) is 12.5 Å². The van der Waals surface area contributed by atoms with Crippen LogP contribution in [-0.4, -0.2) is 14.9 Å². The van der Waals surface area contributed by atoms with E-state index in [4.69, 9.17) is 11.6 Å². The second-order valence-electron chi connectivity index (χ2n) is 3.87. The average molecular weight is 255 g/mol. The van der Waals surface area contributed by atoms with Crippen molar-refractivity contribution in [2.24, 2.45) is 7.05 Å². The van der Waals surface area contributed by atoms with Crippen molar-refractivity contribution < 1.29 is 9.50 Å². The molecule has 0 aliphatic carbocycles. The Hall–Kier alpha value is -1.39. The average Bonchev–Trinajstić information content (AvgIpc) is 2.69. The molecule has 2 rings (SSSR count). The first-order chi connectivity index (χ1) is 8.06. The largest absolute Gasteiger partial charge is 0.386 e. The fourth-order valence-electron chi connectivity index (χ4n) is 1.61. The van der Waals surface area contributed by atoms with Gasteiger partial charge in [0.15, 0.2) is 0 Å². The van der Waals surface area contributed by atoms with Crippen LogP contribution in [-0.2, 0) is 13.5 Å². The lowest BCUT2D eigenvalue weighted by Crippen LogP contribution is -2.05. The Kier molecular flexibility index (Phi) is 3.45. The van der Waals surface area contributed by atoms with Crippen LogP contribution in [0.2, 0.25) is 5.02 Å². The van der Waals surface area contributed by atoms with E-state index in [2.05, 4.69) is 5.10 Å². The Morgan fingerprint density at radius 1 is 1.47 bits per heavy atom. The molecule has 90 valence electrons. The summed E-state index contributed by atoms with van der Waals surface area (Å²) in [5.74, 6) is -0.410. The van der Waals surface area contributed by atoms with Crippen LogP contribution in [0.1, 0.15) is 17.4 Å². The van der Waals surface area contributed by atoms with Crippen LogP contribution in [0, 0.1) is 5.82 Å². The van der Waals surface area contributed by atoms with E-state index in [1.807, 2.05) is 0 Å². The molecule has 0 aliphatic rings. The number of nitrogens with zero attached hydrogens (tertiary/aromatic N) is 2. The third-order valence-corrected chi connectivity index (χ3v) is 2.74. The van der Waals surface area contributed by atoms with Gasteiger partial charge in [0.25, 0.3) is 0 Å². The molecule has 1 N–H and O–H groups in total. The molecule has 0 spiro atoms. The summed E-state index contributed by atoms with van der Waals surface area (Å²) in [5, 5.41) is 14.3. The van der Waals surface area contributed by atoms with E-state index in [9.17, 15) is 9.50 Å². The van der Waals surface area contributed by atoms with Gasteiger partial charge in [-0.05, 0) is 23.8 Å². The van der Waals surface area contributed by atoms with Gasteiger partial charge in [-0.15, -0.1) is 0 Å². The quantitative estimate of drug-likeness (QED) is 0.914. The monoisotopic (exact) mass is 254 g/mol. The SMILES string of the molecule is Cn1ccc(C(O)Cc2ccc(Cl)cc2F)n1. The summed E-state index contributed by atoms with van der Waals surface area (Å²) in [6.45, 7) is 0. The zero-order valence-corrected chi connectivity index (χ0v) is 10.0. The minimum Gasteiger partial charge on any atom is -0.386 e. The number of aryl methyl sites for hydroxylation is 1. The summed E-state index contributed by atoms with van der Waals surface area (Å²) in [6.07, 6.45) is 1.10. The van der Waals surface area contributed by atoms with E-state index < -0.39 is 11.9 Å². The Morgan fingerprint density at radius 3 is 2.82 bits per heavy atom. The lowest BCUT2D eigenvalue weighted by Gasteiger charge is -2.08. The molecular weight excluding hydrogens is 243 g/mol. The van der Waals surface area contributed by atoms with Crippen LogP contribution >= 0.6 is 11.6 Å². The maximum Gasteiger partial charge on any atom is 0.127 e. The van der Waals surface area contributed by atoms with Gasteiger partial charge < -0.3 is 5.11 Å². The van der Waals surface area contributed by atoms with Crippen molar-refractivity contribution in [3.8, 4) is 0 Å². The predicted octanol–water partition coefficient (Wildman–Crippen LogP) is 2.49. The molecule has 5 heteroatoms. The summed E-state index contributed by atoms with van der Waals surface area (Å²) < 4.78 is 15.1. The van der Waals surface area contributed by atoms with Crippen LogP contribution in [0.5, 0.6) is 0 Å². The molecule has 1 aromatic heterocycles. The normalized spacial score (nSPS) is 12.7. The molecule has 0 radical (unpaired) electrons. The highest BCUT2D eigenvalue weighted by atomic mass is 35.5. The second-order valence-corrected chi connectivity index (χ2v) is 4.31. The van der Waals surface area contributed by atoms with Crippen molar-refractivity contribution in [1.82, 2.24) is 9.78 Å². The smallest absolute Gasteiger partial charge is 0.127 e. The van der Waals surface area contributed by atoms with E-state index in [-0.39, 0.29) is 6.42 Å². The number of rotatable bonds is 3. The van der Waals surface area contributed by atoms with Crippen LogP contribution in [0.15, 0.2) is 30.5 Å². The molecule has 0 saturated heterocycles. The van der Waals surface area contributed by atoms with Crippen LogP contribution in [0.4, 0.5) is 4.39 Å². The van der Waals surface area contributed by atoms with Crippen LogP contribution in [0.25, 0.3) is 0 Å². The first-order valence-corrected chi connectivity index (χ1v) is 5.55. The fourth-order valence-corrected chi connectivity index (χ4v) is 1.77. The molecule has 0 saturated carbocycles. The minimum atomic E-state index is -0.813. The number of hydrogen-bond donors (Lipinski definition) is 1. The van der Waals surface area contributed by atoms with E-state index in [0.717, 1.165) is 0 Å². The topological polar surface area (TPSA) is 38.0 Å². The number of aliphatic hydroxyl groups is 1. The maximum atomic E-state index is 13.5. The van der Waals surface area contributed by atoms with Crippen molar-refractivity contribution in [3.05, 3.63) is 52.6 Å². The number of halogens is 2. The number of benzene rings is 1. The van der Waals surface area contributed by atoms with E-state index in [1.54, 1.807) is 36.1 Å². The molecule has 0 fully saturated rings. The zero-order chi connectivity index (χ0) is 12.4. The second kappa shape index (κ2) is 4.85. The van der Waals surface area contributed by atoms with E-state index in [0.29, 0.717) is 16.3 Å². The molecular formula is C12H12ClFN2O. The predicted molar refractivity (Wildman–Crippen MR) is 63.3 cm³/mol. The summed E-state index contributed by atoms with van der Waals surface area (Å²) in [7, 11) is 1.76. The van der Waals surface area contributed by atoms with Gasteiger partial charge in [0, 0.05) is 24.7 Å². The van der Waals surface area contributed by atoms with Crippen molar-refractivity contribution in [1.29, 1.82) is 0 Å². The Labute approximate surface area is 103 Å². The third kappa shape index (κ3) is 2.84. The van der Waals surface area contributed by atoms with Crippen molar-refractivity contribution in [3.63, 3.8) is 0 Å². The number of aliphatic hydroxyl groups excluding tert-OH is 1. The zero-order valence-electron chi connectivity index (χ0n) is 9.27. The molecule has 17 heavy (non-hydrogen) atoms. The highest BCUT2D eigenvalue weighted by molar-refractivity contribution is 6.30. The van der Waals surface area contributed by atoms with E-state index >= 15 is 0 Å². The molecule has 1 unspecified atom stereocenters. The number of aromatic nitrogens is 2. The minimum absolute atomic E-state index is 0.181. The van der Waals surface area contributed by atoms with Crippen molar-refractivity contribution >= 4 is 11.6 Å². The summed E-state index contributed by atoms with van der Waals surface area (Å²) >= 11 is 5.66. The third-order valence-electron chi connectivity index (χ3n) is 2.50. The molecule has 0 bridgehead atoms. The number of hydrogen-bond acceptors (Lipinski definition) is 2. The highest BCUT2D eigenvalue weighted by Gasteiger charge is 2.14. The standard InChI is InChI=1S/C12H12ClFN2O/c1-16-5-4-11(15-16)12(17)6-8-2-3-9(13)7-10(8)14/h2-5,7,12,17H,6H2,1H3. The Morgan fingerprint density at radius 2 is 2.24 bits per heavy atom. The van der Waals surface area contributed by atoms with Gasteiger partial charge in [0.2, 0.25) is 0 Å². The molecule has 1 atom stereocenters. The molecule has 1 heterocycles. The first-order valence-electron chi connectivity index (χ1n) is 5.18. The van der Waals surface area contributed by atoms with Gasteiger partial charge in [-0.1, -0.05) is 17.7 Å². The lowest BCUT2D eigenvalue weighted by molar-refractivity contribution is 0.171. The van der Waals surface area contributed by atoms with Gasteiger partial charge in [0.1, 0.15) is 11.9 Å². The molecule has 1 aromatic carbocycles. The Balaban J connectivity index is 2.15. The van der Waals surface area contributed by atoms with Gasteiger partial charge in [-0.3, -0.25) is 4.68 Å². The van der Waals surface area contributed by atoms with Gasteiger partial charge in [0.05, 0.1) is 5.69 Å². The van der Waals surface area contributed by atoms with Crippen molar-refractivity contribution in [2.75, 3.05) is 0 Å². The summed E-state index contributed by atoms with van der Waals surface area (Å²) in [4.78, 5) is 0.